The first-order chi connectivity index (χ1) is 15.3. The molecule has 1 saturated heterocycles. The molecule has 7 heteroatoms. The molecule has 3 aromatic carbocycles. The van der Waals surface area contributed by atoms with E-state index >= 15 is 0 Å². The van der Waals surface area contributed by atoms with Crippen molar-refractivity contribution in [3.8, 4) is 0 Å². The number of anilines is 1. The highest BCUT2D eigenvalue weighted by Crippen LogP contribution is 2.30. The maximum atomic E-state index is 13.6. The molecular formula is C25H24N2O4S. The summed E-state index contributed by atoms with van der Waals surface area (Å²) in [6.45, 7) is 3.85. The molecule has 164 valence electrons. The van der Waals surface area contributed by atoms with Gasteiger partial charge in [0, 0.05) is 6.54 Å². The topological polar surface area (TPSA) is 74.8 Å². The number of amides is 2. The maximum Gasteiger partial charge on any atom is 0.252 e. The third kappa shape index (κ3) is 4.22. The molecule has 1 aliphatic heterocycles. The molecule has 1 fully saturated rings. The molecule has 4 rings (SSSR count). The molecule has 6 nitrogen and oxygen atoms in total. The molecule has 0 saturated carbocycles. The van der Waals surface area contributed by atoms with Crippen molar-refractivity contribution < 1.29 is 18.0 Å². The van der Waals surface area contributed by atoms with Crippen LogP contribution in [0.4, 0.5) is 5.69 Å². The zero-order chi connectivity index (χ0) is 22.9. The average Bonchev–Trinajstić information content (AvgIpc) is 3.08. The lowest BCUT2D eigenvalue weighted by Crippen LogP contribution is -2.45. The van der Waals surface area contributed by atoms with Gasteiger partial charge in [-0.3, -0.25) is 9.59 Å². The van der Waals surface area contributed by atoms with Crippen molar-refractivity contribution >= 4 is 27.5 Å². The minimum absolute atomic E-state index is 0.0110. The van der Waals surface area contributed by atoms with E-state index in [9.17, 15) is 18.0 Å². The van der Waals surface area contributed by atoms with E-state index in [1.54, 1.807) is 30.3 Å². The Labute approximate surface area is 188 Å². The van der Waals surface area contributed by atoms with Gasteiger partial charge in [-0.1, -0.05) is 65.7 Å². The Morgan fingerprint density at radius 2 is 1.41 bits per heavy atom. The van der Waals surface area contributed by atoms with E-state index in [0.29, 0.717) is 5.69 Å². The summed E-state index contributed by atoms with van der Waals surface area (Å²) in [6, 6.07) is 21.4. The standard InChI is InChI=1S/C25H24N2O4S/c1-18-8-12-20(13-9-18)17-26(32(30,31)22-6-4-3-5-7-22)23-16-24(28)27(25(23)29)21-14-10-19(2)11-15-21/h3-15,23H,16-17H2,1-2H3. The van der Waals surface area contributed by atoms with Crippen molar-refractivity contribution in [2.45, 2.75) is 37.8 Å². The number of hydrogen-bond donors (Lipinski definition) is 0. The lowest BCUT2D eigenvalue weighted by atomic mass is 10.1. The Hall–Kier alpha value is -3.29. The summed E-state index contributed by atoms with van der Waals surface area (Å²) in [5.74, 6) is -0.952. The number of benzene rings is 3. The molecule has 1 atom stereocenters. The second-order valence-corrected chi connectivity index (χ2v) is 9.86. The zero-order valence-electron chi connectivity index (χ0n) is 17.9. The van der Waals surface area contributed by atoms with Crippen molar-refractivity contribution in [3.63, 3.8) is 0 Å². The summed E-state index contributed by atoms with van der Waals surface area (Å²) in [5.41, 5.74) is 3.23. The molecule has 2 amide bonds. The number of imide groups is 1. The van der Waals surface area contributed by atoms with E-state index in [2.05, 4.69) is 0 Å². The second kappa shape index (κ2) is 8.68. The Balaban J connectivity index is 1.74. The van der Waals surface area contributed by atoms with Crippen LogP contribution in [0.25, 0.3) is 0 Å². The van der Waals surface area contributed by atoms with Crippen LogP contribution in [0, 0.1) is 13.8 Å². The monoisotopic (exact) mass is 448 g/mol. The lowest BCUT2D eigenvalue weighted by Gasteiger charge is -2.27. The Kier molecular flexibility index (Phi) is 5.95. The molecular weight excluding hydrogens is 424 g/mol. The first kappa shape index (κ1) is 21.9. The van der Waals surface area contributed by atoms with Crippen LogP contribution in [-0.4, -0.2) is 30.6 Å². The fraction of sp³-hybridized carbons (Fsp3) is 0.200. The molecule has 1 heterocycles. The van der Waals surface area contributed by atoms with Gasteiger partial charge in [-0.05, 0) is 43.7 Å². The van der Waals surface area contributed by atoms with E-state index in [-0.39, 0.29) is 17.9 Å². The summed E-state index contributed by atoms with van der Waals surface area (Å²) < 4.78 is 28.3. The van der Waals surface area contributed by atoms with Crippen molar-refractivity contribution in [1.29, 1.82) is 0 Å². The van der Waals surface area contributed by atoms with Crippen molar-refractivity contribution in [3.05, 3.63) is 95.6 Å². The number of carbonyl (C=O) groups excluding carboxylic acids is 2. The summed E-state index contributed by atoms with van der Waals surface area (Å²) >= 11 is 0. The number of aryl methyl sites for hydroxylation is 2. The number of carbonyl (C=O) groups is 2. The minimum atomic E-state index is -4.03. The van der Waals surface area contributed by atoms with Crippen molar-refractivity contribution in [2.75, 3.05) is 4.90 Å². The predicted octanol–water partition coefficient (Wildman–Crippen LogP) is 3.83. The summed E-state index contributed by atoms with van der Waals surface area (Å²) in [6.07, 6.45) is -0.204. The Morgan fingerprint density at radius 1 is 0.844 bits per heavy atom. The van der Waals surface area contributed by atoms with Crippen molar-refractivity contribution in [2.24, 2.45) is 0 Å². The van der Waals surface area contributed by atoms with Gasteiger partial charge in [0.05, 0.1) is 17.0 Å². The molecule has 0 radical (unpaired) electrons. The average molecular weight is 449 g/mol. The van der Waals surface area contributed by atoms with Crippen LogP contribution < -0.4 is 4.90 Å². The van der Waals surface area contributed by atoms with Gasteiger partial charge >= 0.3 is 0 Å². The number of rotatable bonds is 6. The quantitative estimate of drug-likeness (QED) is 0.537. The molecule has 0 aliphatic carbocycles. The molecule has 0 spiro atoms. The maximum absolute atomic E-state index is 13.6. The number of nitrogens with zero attached hydrogens (tertiary/aromatic N) is 2. The third-order valence-corrected chi connectivity index (χ3v) is 7.44. The van der Waals surface area contributed by atoms with Crippen LogP contribution >= 0.6 is 0 Å². The van der Waals surface area contributed by atoms with E-state index in [1.165, 1.54) is 12.1 Å². The van der Waals surface area contributed by atoms with Gasteiger partial charge in [-0.2, -0.15) is 4.31 Å². The van der Waals surface area contributed by atoms with Gasteiger partial charge in [0.15, 0.2) is 0 Å². The Morgan fingerprint density at radius 3 is 2.00 bits per heavy atom. The summed E-state index contributed by atoms with van der Waals surface area (Å²) in [7, 11) is -4.03. The molecule has 1 unspecified atom stereocenters. The fourth-order valence-corrected chi connectivity index (χ4v) is 5.36. The number of hydrogen-bond acceptors (Lipinski definition) is 4. The minimum Gasteiger partial charge on any atom is -0.274 e. The van der Waals surface area contributed by atoms with E-state index in [1.807, 2.05) is 50.2 Å². The molecule has 1 aliphatic rings. The van der Waals surface area contributed by atoms with Crippen LogP contribution in [0.5, 0.6) is 0 Å². The van der Waals surface area contributed by atoms with Crippen LogP contribution in [0.15, 0.2) is 83.8 Å². The second-order valence-electron chi connectivity index (χ2n) is 7.97. The van der Waals surface area contributed by atoms with E-state index in [4.69, 9.17) is 0 Å². The highest BCUT2D eigenvalue weighted by atomic mass is 32.2. The smallest absolute Gasteiger partial charge is 0.252 e. The highest BCUT2D eigenvalue weighted by Gasteiger charge is 2.46. The normalized spacial score (nSPS) is 16.7. The zero-order valence-corrected chi connectivity index (χ0v) is 18.7. The first-order valence-corrected chi connectivity index (χ1v) is 11.8. The highest BCUT2D eigenvalue weighted by molar-refractivity contribution is 7.89. The van der Waals surface area contributed by atoms with Gasteiger partial charge < -0.3 is 0 Å². The third-order valence-electron chi connectivity index (χ3n) is 5.57. The van der Waals surface area contributed by atoms with Gasteiger partial charge in [-0.15, -0.1) is 0 Å². The number of sulfonamides is 1. The molecule has 0 bridgehead atoms. The van der Waals surface area contributed by atoms with E-state index < -0.39 is 27.9 Å². The molecule has 0 N–H and O–H groups in total. The summed E-state index contributed by atoms with van der Waals surface area (Å²) in [5, 5.41) is 0. The van der Waals surface area contributed by atoms with Crippen molar-refractivity contribution in [1.82, 2.24) is 4.31 Å². The van der Waals surface area contributed by atoms with Gasteiger partial charge in [-0.25, -0.2) is 13.3 Å². The predicted molar refractivity (Wildman–Crippen MR) is 122 cm³/mol. The van der Waals surface area contributed by atoms with Crippen LogP contribution in [0.3, 0.4) is 0 Å². The van der Waals surface area contributed by atoms with Gasteiger partial charge in [0.2, 0.25) is 15.9 Å². The Bertz CT molecular complexity index is 1240. The fourth-order valence-electron chi connectivity index (χ4n) is 3.77. The van der Waals surface area contributed by atoms with Crippen LogP contribution in [0.1, 0.15) is 23.1 Å². The molecule has 32 heavy (non-hydrogen) atoms. The van der Waals surface area contributed by atoms with Crippen LogP contribution in [-0.2, 0) is 26.2 Å². The van der Waals surface area contributed by atoms with Gasteiger partial charge in [0.25, 0.3) is 5.91 Å². The lowest BCUT2D eigenvalue weighted by molar-refractivity contribution is -0.122. The largest absolute Gasteiger partial charge is 0.274 e. The summed E-state index contributed by atoms with van der Waals surface area (Å²) in [4.78, 5) is 27.4. The molecule has 0 aromatic heterocycles. The first-order valence-electron chi connectivity index (χ1n) is 10.3. The van der Waals surface area contributed by atoms with Gasteiger partial charge in [0.1, 0.15) is 6.04 Å². The SMILES string of the molecule is Cc1ccc(CN(C2CC(=O)N(c3ccc(C)cc3)C2=O)S(=O)(=O)c2ccccc2)cc1. The van der Waals surface area contributed by atoms with Crippen LogP contribution in [0.2, 0.25) is 0 Å². The molecule has 3 aromatic rings. The van der Waals surface area contributed by atoms with E-state index in [0.717, 1.165) is 25.9 Å².